The van der Waals surface area contributed by atoms with Crippen LogP contribution in [0.1, 0.15) is 12.8 Å². The van der Waals surface area contributed by atoms with Crippen molar-refractivity contribution in [3.8, 4) is 0 Å². The Labute approximate surface area is 66.3 Å². The molecule has 58 valence electrons. The number of amides is 1. The molecule has 1 aliphatic rings. The molecule has 1 rings (SSSR count). The first kappa shape index (κ1) is 7.88. The average Bonchev–Trinajstić information content (AvgIpc) is 2.34. The van der Waals surface area contributed by atoms with E-state index < -0.39 is 0 Å². The fraction of sp³-hybridized carbons (Fsp3) is 0.833. The van der Waals surface area contributed by atoms with Gasteiger partial charge in [-0.15, -0.1) is 0 Å². The summed E-state index contributed by atoms with van der Waals surface area (Å²) in [7, 11) is 1.66. The van der Waals surface area contributed by atoms with Gasteiger partial charge in [0, 0.05) is 13.6 Å². The molecule has 1 aliphatic heterocycles. The summed E-state index contributed by atoms with van der Waals surface area (Å²) in [5, 5.41) is 2.61. The summed E-state index contributed by atoms with van der Waals surface area (Å²) in [6.45, 7) is 0.918. The van der Waals surface area contributed by atoms with Crippen LogP contribution >= 0.6 is 12.8 Å². The van der Waals surface area contributed by atoms with E-state index in [0.29, 0.717) is 0 Å². The fourth-order valence-corrected chi connectivity index (χ4v) is 1.55. The molecule has 0 bridgehead atoms. The lowest BCUT2D eigenvalue weighted by molar-refractivity contribution is -0.123. The summed E-state index contributed by atoms with van der Waals surface area (Å²) < 4.78 is 1.79. The van der Waals surface area contributed by atoms with Gasteiger partial charge in [0.25, 0.3) is 0 Å². The number of hydrogen-bond donors (Lipinski definition) is 2. The minimum atomic E-state index is -0.00617. The molecule has 3 nitrogen and oxygen atoms in total. The molecule has 1 heterocycles. The molecule has 0 saturated carbocycles. The SMILES string of the molecule is CNC(=O)[C@@H]1CCCN1S. The van der Waals surface area contributed by atoms with Crippen molar-refractivity contribution < 1.29 is 4.79 Å². The van der Waals surface area contributed by atoms with Crippen molar-refractivity contribution in [1.29, 1.82) is 0 Å². The minimum absolute atomic E-state index is 0.00617. The number of hydrogen-bond acceptors (Lipinski definition) is 3. The predicted octanol–water partition coefficient (Wildman–Crippen LogP) is 0.0416. The molecule has 0 aromatic heterocycles. The normalized spacial score (nSPS) is 26.8. The van der Waals surface area contributed by atoms with Crippen LogP contribution in [-0.2, 0) is 4.79 Å². The van der Waals surface area contributed by atoms with Gasteiger partial charge in [0.15, 0.2) is 0 Å². The summed E-state index contributed by atoms with van der Waals surface area (Å²) in [5.74, 6) is 0.0764. The van der Waals surface area contributed by atoms with Gasteiger partial charge in [0.05, 0.1) is 6.04 Å². The highest BCUT2D eigenvalue weighted by atomic mass is 32.1. The van der Waals surface area contributed by atoms with E-state index in [2.05, 4.69) is 18.1 Å². The second kappa shape index (κ2) is 3.25. The number of thiol groups is 1. The van der Waals surface area contributed by atoms with Gasteiger partial charge in [-0.05, 0) is 12.8 Å². The number of likely N-dealkylation sites (N-methyl/N-ethyl adjacent to an activating group) is 1. The third-order valence-corrected chi connectivity index (χ3v) is 2.25. The maximum Gasteiger partial charge on any atom is 0.238 e. The van der Waals surface area contributed by atoms with Crippen LogP contribution in [0, 0.1) is 0 Å². The molecule has 0 aliphatic carbocycles. The lowest BCUT2D eigenvalue weighted by Gasteiger charge is -2.15. The van der Waals surface area contributed by atoms with E-state index in [-0.39, 0.29) is 11.9 Å². The highest BCUT2D eigenvalue weighted by Crippen LogP contribution is 2.18. The number of rotatable bonds is 1. The van der Waals surface area contributed by atoms with Crippen LogP contribution in [-0.4, -0.2) is 29.8 Å². The van der Waals surface area contributed by atoms with E-state index in [1.54, 1.807) is 11.4 Å². The van der Waals surface area contributed by atoms with Crippen molar-refractivity contribution >= 4 is 18.7 Å². The first-order chi connectivity index (χ1) is 4.75. The molecule has 1 atom stereocenters. The van der Waals surface area contributed by atoms with Crippen molar-refractivity contribution in [2.24, 2.45) is 0 Å². The second-order valence-electron chi connectivity index (χ2n) is 2.44. The zero-order chi connectivity index (χ0) is 7.56. The Balaban J connectivity index is 2.46. The molecular weight excluding hydrogens is 148 g/mol. The number of carbonyl (C=O) groups is 1. The van der Waals surface area contributed by atoms with E-state index in [1.807, 2.05) is 0 Å². The molecule has 4 heteroatoms. The molecule has 0 radical (unpaired) electrons. The topological polar surface area (TPSA) is 32.3 Å². The van der Waals surface area contributed by atoms with Gasteiger partial charge in [-0.3, -0.25) is 4.79 Å². The van der Waals surface area contributed by atoms with Crippen molar-refractivity contribution in [3.05, 3.63) is 0 Å². The Hall–Kier alpha value is -0.220. The Bertz CT molecular complexity index is 140. The van der Waals surface area contributed by atoms with Gasteiger partial charge in [0.2, 0.25) is 5.91 Å². The fourth-order valence-electron chi connectivity index (χ4n) is 1.18. The van der Waals surface area contributed by atoms with E-state index in [9.17, 15) is 4.79 Å². The quantitative estimate of drug-likeness (QED) is 0.531. The van der Waals surface area contributed by atoms with Gasteiger partial charge in [0.1, 0.15) is 0 Å². The van der Waals surface area contributed by atoms with Gasteiger partial charge >= 0.3 is 0 Å². The smallest absolute Gasteiger partial charge is 0.238 e. The van der Waals surface area contributed by atoms with Crippen molar-refractivity contribution in [2.45, 2.75) is 18.9 Å². The highest BCUT2D eigenvalue weighted by Gasteiger charge is 2.27. The van der Waals surface area contributed by atoms with Crippen LogP contribution in [0.25, 0.3) is 0 Å². The second-order valence-corrected chi connectivity index (χ2v) is 2.95. The minimum Gasteiger partial charge on any atom is -0.358 e. The standard InChI is InChI=1S/C6H12N2OS/c1-7-6(9)5-3-2-4-8(5)10/h5,10H,2-4H2,1H3,(H,7,9)/t5-/m0/s1. The van der Waals surface area contributed by atoms with Crippen LogP contribution < -0.4 is 5.32 Å². The maximum atomic E-state index is 11.0. The molecule has 0 aromatic carbocycles. The summed E-state index contributed by atoms with van der Waals surface area (Å²) in [6.07, 6.45) is 2.00. The van der Waals surface area contributed by atoms with Gasteiger partial charge in [-0.2, -0.15) is 0 Å². The Morgan fingerprint density at radius 1 is 1.80 bits per heavy atom. The monoisotopic (exact) mass is 160 g/mol. The summed E-state index contributed by atoms with van der Waals surface area (Å²) in [4.78, 5) is 11.0. The number of carbonyl (C=O) groups excluding carboxylic acids is 1. The Kier molecular flexibility index (Phi) is 2.56. The molecule has 0 aromatic rings. The number of nitrogens with zero attached hydrogens (tertiary/aromatic N) is 1. The first-order valence-corrected chi connectivity index (χ1v) is 3.83. The van der Waals surface area contributed by atoms with Crippen molar-refractivity contribution in [2.75, 3.05) is 13.6 Å². The summed E-state index contributed by atoms with van der Waals surface area (Å²) in [6, 6.07) is -0.00617. The zero-order valence-corrected chi connectivity index (χ0v) is 6.90. The summed E-state index contributed by atoms with van der Waals surface area (Å²) >= 11 is 4.15. The highest BCUT2D eigenvalue weighted by molar-refractivity contribution is 7.77. The van der Waals surface area contributed by atoms with Gasteiger partial charge in [-0.1, -0.05) is 12.8 Å². The Morgan fingerprint density at radius 2 is 2.50 bits per heavy atom. The predicted molar refractivity (Wildman–Crippen MR) is 42.8 cm³/mol. The lowest BCUT2D eigenvalue weighted by atomic mass is 10.2. The van der Waals surface area contributed by atoms with Crippen LogP contribution in [0.5, 0.6) is 0 Å². The zero-order valence-electron chi connectivity index (χ0n) is 6.00. The third-order valence-electron chi connectivity index (χ3n) is 1.77. The molecule has 1 saturated heterocycles. The van der Waals surface area contributed by atoms with Crippen LogP contribution in [0.3, 0.4) is 0 Å². The van der Waals surface area contributed by atoms with Crippen molar-refractivity contribution in [1.82, 2.24) is 9.62 Å². The number of nitrogens with one attached hydrogen (secondary N) is 1. The van der Waals surface area contributed by atoms with E-state index in [4.69, 9.17) is 0 Å². The largest absolute Gasteiger partial charge is 0.358 e. The molecule has 0 unspecified atom stereocenters. The lowest BCUT2D eigenvalue weighted by Crippen LogP contribution is -2.37. The first-order valence-electron chi connectivity index (χ1n) is 3.43. The molecule has 0 spiro atoms. The molecule has 1 fully saturated rings. The van der Waals surface area contributed by atoms with Crippen molar-refractivity contribution in [3.63, 3.8) is 0 Å². The van der Waals surface area contributed by atoms with Crippen LogP contribution in [0.15, 0.2) is 0 Å². The van der Waals surface area contributed by atoms with E-state index in [1.165, 1.54) is 0 Å². The summed E-state index contributed by atoms with van der Waals surface area (Å²) in [5.41, 5.74) is 0. The molecule has 1 amide bonds. The van der Waals surface area contributed by atoms with E-state index in [0.717, 1.165) is 19.4 Å². The van der Waals surface area contributed by atoms with E-state index >= 15 is 0 Å². The van der Waals surface area contributed by atoms with Gasteiger partial charge < -0.3 is 5.32 Å². The molecule has 10 heavy (non-hydrogen) atoms. The Morgan fingerprint density at radius 3 is 2.90 bits per heavy atom. The molecular formula is C6H12N2OS. The molecule has 1 N–H and O–H groups in total. The van der Waals surface area contributed by atoms with Crippen LogP contribution in [0.2, 0.25) is 0 Å². The third kappa shape index (κ3) is 1.44. The van der Waals surface area contributed by atoms with Crippen LogP contribution in [0.4, 0.5) is 0 Å². The maximum absolute atomic E-state index is 11.0. The van der Waals surface area contributed by atoms with Gasteiger partial charge in [-0.25, -0.2) is 4.31 Å². The average molecular weight is 160 g/mol.